The normalized spacial score (nSPS) is 13.7. The average Bonchev–Trinajstić information content (AvgIpc) is 3.43. The molecule has 2 aromatic carbocycles. The van der Waals surface area contributed by atoms with E-state index in [-0.39, 0.29) is 23.6 Å². The predicted octanol–water partition coefficient (Wildman–Crippen LogP) is 3.51. The van der Waals surface area contributed by atoms with Crippen molar-refractivity contribution in [2.45, 2.75) is 38.6 Å². The molecule has 0 aliphatic heterocycles. The fourth-order valence-corrected chi connectivity index (χ4v) is 3.76. The summed E-state index contributed by atoms with van der Waals surface area (Å²) in [5.41, 5.74) is 2.74. The van der Waals surface area contributed by atoms with Gasteiger partial charge in [0.15, 0.2) is 5.69 Å². The number of rotatable bonds is 6. The summed E-state index contributed by atoms with van der Waals surface area (Å²) in [6.07, 6.45) is 4.40. The van der Waals surface area contributed by atoms with Crippen molar-refractivity contribution in [1.82, 2.24) is 20.3 Å². The summed E-state index contributed by atoms with van der Waals surface area (Å²) in [6.45, 7) is 1.78. The molecule has 1 aromatic heterocycles. The second-order valence-corrected chi connectivity index (χ2v) is 7.62. The summed E-state index contributed by atoms with van der Waals surface area (Å²) in [6, 6.07) is 14.5. The third kappa shape index (κ3) is 4.58. The van der Waals surface area contributed by atoms with E-state index in [4.69, 9.17) is 4.74 Å². The summed E-state index contributed by atoms with van der Waals surface area (Å²) >= 11 is 0. The van der Waals surface area contributed by atoms with Crippen LogP contribution in [0.5, 0.6) is 5.75 Å². The molecule has 2 amide bonds. The van der Waals surface area contributed by atoms with Crippen molar-refractivity contribution in [2.75, 3.05) is 12.4 Å². The Hall–Kier alpha value is -3.68. The van der Waals surface area contributed by atoms with Crippen molar-refractivity contribution >= 4 is 17.5 Å². The highest BCUT2D eigenvalue weighted by molar-refractivity contribution is 6.04. The van der Waals surface area contributed by atoms with Gasteiger partial charge in [0.2, 0.25) is 0 Å². The van der Waals surface area contributed by atoms with Gasteiger partial charge in [0, 0.05) is 23.4 Å². The van der Waals surface area contributed by atoms with Gasteiger partial charge in [-0.25, -0.2) is 4.68 Å². The number of ether oxygens (including phenoxy) is 1. The third-order valence-electron chi connectivity index (χ3n) is 5.50. The van der Waals surface area contributed by atoms with Crippen molar-refractivity contribution in [3.8, 4) is 11.4 Å². The van der Waals surface area contributed by atoms with Gasteiger partial charge >= 0.3 is 0 Å². The van der Waals surface area contributed by atoms with E-state index in [2.05, 4.69) is 20.9 Å². The van der Waals surface area contributed by atoms with Crippen molar-refractivity contribution in [3.05, 3.63) is 65.5 Å². The first-order chi connectivity index (χ1) is 15.0. The molecule has 0 radical (unpaired) electrons. The lowest BCUT2D eigenvalue weighted by atomic mass is 10.1. The predicted molar refractivity (Wildman–Crippen MR) is 117 cm³/mol. The summed E-state index contributed by atoms with van der Waals surface area (Å²) < 4.78 is 6.83. The molecular weight excluding hydrogens is 394 g/mol. The second kappa shape index (κ2) is 8.99. The van der Waals surface area contributed by atoms with Crippen LogP contribution in [-0.4, -0.2) is 40.0 Å². The number of aromatic nitrogens is 3. The molecule has 1 aliphatic rings. The van der Waals surface area contributed by atoms with Crippen LogP contribution < -0.4 is 15.4 Å². The van der Waals surface area contributed by atoms with Gasteiger partial charge in [-0.2, -0.15) is 0 Å². The summed E-state index contributed by atoms with van der Waals surface area (Å²) in [7, 11) is 1.59. The van der Waals surface area contributed by atoms with Gasteiger partial charge in [-0.3, -0.25) is 9.59 Å². The molecule has 0 unspecified atom stereocenters. The number of carbonyl (C=O) groups is 2. The molecular formula is C23H25N5O3. The van der Waals surface area contributed by atoms with Crippen molar-refractivity contribution in [3.63, 3.8) is 0 Å². The zero-order valence-electron chi connectivity index (χ0n) is 17.6. The fourth-order valence-electron chi connectivity index (χ4n) is 3.76. The SMILES string of the molecule is COc1cccc(-n2nnc(C(=O)Nc3ccc(C(=O)NC4CCCC4)cc3)c2C)c1. The highest BCUT2D eigenvalue weighted by Crippen LogP contribution is 2.20. The Bertz CT molecular complexity index is 1080. The number of hydrogen-bond acceptors (Lipinski definition) is 5. The van der Waals surface area contributed by atoms with E-state index in [0.717, 1.165) is 31.4 Å². The van der Waals surface area contributed by atoms with Crippen LogP contribution in [0.3, 0.4) is 0 Å². The number of anilines is 1. The molecule has 1 fully saturated rings. The number of amides is 2. The maximum Gasteiger partial charge on any atom is 0.278 e. The van der Waals surface area contributed by atoms with Gasteiger partial charge in [-0.1, -0.05) is 24.1 Å². The van der Waals surface area contributed by atoms with Gasteiger partial charge in [-0.15, -0.1) is 5.10 Å². The Kier molecular flexibility index (Phi) is 5.97. The van der Waals surface area contributed by atoms with Crippen LogP contribution in [0.15, 0.2) is 48.5 Å². The molecule has 0 spiro atoms. The highest BCUT2D eigenvalue weighted by Gasteiger charge is 2.19. The first kappa shape index (κ1) is 20.6. The van der Waals surface area contributed by atoms with Crippen LogP contribution >= 0.6 is 0 Å². The van der Waals surface area contributed by atoms with Gasteiger partial charge in [0.1, 0.15) is 5.75 Å². The lowest BCUT2D eigenvalue weighted by Gasteiger charge is -2.12. The lowest BCUT2D eigenvalue weighted by molar-refractivity contribution is 0.0937. The minimum Gasteiger partial charge on any atom is -0.497 e. The molecule has 1 aliphatic carbocycles. The number of carbonyl (C=O) groups excluding carboxylic acids is 2. The molecule has 8 heteroatoms. The number of nitrogens with zero attached hydrogens (tertiary/aromatic N) is 3. The zero-order chi connectivity index (χ0) is 21.8. The first-order valence-corrected chi connectivity index (χ1v) is 10.3. The van der Waals surface area contributed by atoms with Gasteiger partial charge in [0.25, 0.3) is 11.8 Å². The van der Waals surface area contributed by atoms with E-state index in [1.807, 2.05) is 24.3 Å². The monoisotopic (exact) mass is 419 g/mol. The number of methoxy groups -OCH3 is 1. The van der Waals surface area contributed by atoms with E-state index < -0.39 is 0 Å². The molecule has 0 saturated heterocycles. The maximum absolute atomic E-state index is 12.7. The maximum atomic E-state index is 12.7. The number of benzene rings is 2. The Morgan fingerprint density at radius 2 is 1.81 bits per heavy atom. The minimum atomic E-state index is -0.366. The van der Waals surface area contributed by atoms with E-state index >= 15 is 0 Å². The summed E-state index contributed by atoms with van der Waals surface area (Å²) in [5, 5.41) is 14.0. The van der Waals surface area contributed by atoms with Crippen LogP contribution in [0, 0.1) is 6.92 Å². The largest absolute Gasteiger partial charge is 0.497 e. The molecule has 3 aromatic rings. The van der Waals surface area contributed by atoms with Crippen LogP contribution in [0.1, 0.15) is 52.2 Å². The van der Waals surface area contributed by atoms with E-state index in [1.54, 1.807) is 43.0 Å². The quantitative estimate of drug-likeness (QED) is 0.637. The Balaban J connectivity index is 1.43. The summed E-state index contributed by atoms with van der Waals surface area (Å²) in [5.74, 6) is 0.243. The average molecular weight is 419 g/mol. The lowest BCUT2D eigenvalue weighted by Crippen LogP contribution is -2.32. The van der Waals surface area contributed by atoms with Crippen molar-refractivity contribution < 1.29 is 14.3 Å². The number of nitrogens with one attached hydrogen (secondary N) is 2. The van der Waals surface area contributed by atoms with Crippen molar-refractivity contribution in [2.24, 2.45) is 0 Å². The molecule has 4 rings (SSSR count). The highest BCUT2D eigenvalue weighted by atomic mass is 16.5. The minimum absolute atomic E-state index is 0.0816. The first-order valence-electron chi connectivity index (χ1n) is 10.3. The van der Waals surface area contributed by atoms with Gasteiger partial charge in [0.05, 0.1) is 18.5 Å². The van der Waals surface area contributed by atoms with Crippen LogP contribution in [0.25, 0.3) is 5.69 Å². The van der Waals surface area contributed by atoms with Gasteiger partial charge < -0.3 is 15.4 Å². The van der Waals surface area contributed by atoms with Crippen LogP contribution in [-0.2, 0) is 0 Å². The molecule has 1 heterocycles. The zero-order valence-corrected chi connectivity index (χ0v) is 17.6. The molecule has 1 saturated carbocycles. The Labute approximate surface area is 180 Å². The molecule has 2 N–H and O–H groups in total. The van der Waals surface area contributed by atoms with Crippen LogP contribution in [0.4, 0.5) is 5.69 Å². The third-order valence-corrected chi connectivity index (χ3v) is 5.50. The van der Waals surface area contributed by atoms with Gasteiger partial charge in [-0.05, 0) is 56.2 Å². The molecule has 160 valence electrons. The fraction of sp³-hybridized carbons (Fsp3) is 0.304. The second-order valence-electron chi connectivity index (χ2n) is 7.62. The van der Waals surface area contributed by atoms with E-state index in [9.17, 15) is 9.59 Å². The Morgan fingerprint density at radius 3 is 2.52 bits per heavy atom. The molecule has 0 bridgehead atoms. The van der Waals surface area contributed by atoms with Crippen LogP contribution in [0.2, 0.25) is 0 Å². The smallest absolute Gasteiger partial charge is 0.278 e. The number of hydrogen-bond donors (Lipinski definition) is 2. The topological polar surface area (TPSA) is 98.1 Å². The molecule has 0 atom stereocenters. The Morgan fingerprint density at radius 1 is 1.06 bits per heavy atom. The van der Waals surface area contributed by atoms with E-state index in [0.29, 0.717) is 22.7 Å². The molecule has 8 nitrogen and oxygen atoms in total. The molecule has 31 heavy (non-hydrogen) atoms. The van der Waals surface area contributed by atoms with Crippen molar-refractivity contribution in [1.29, 1.82) is 0 Å². The standard InChI is InChI=1S/C23H25N5O3/c1-15-21(26-27-28(15)19-8-5-9-20(14-19)31-2)23(30)25-18-12-10-16(11-13-18)22(29)24-17-6-3-4-7-17/h5,8-14,17H,3-4,6-7H2,1-2H3,(H,24,29)(H,25,30). The van der Waals surface area contributed by atoms with E-state index in [1.165, 1.54) is 0 Å². The summed E-state index contributed by atoms with van der Waals surface area (Å²) in [4.78, 5) is 25.1.